The van der Waals surface area contributed by atoms with Crippen molar-refractivity contribution in [3.63, 3.8) is 0 Å². The summed E-state index contributed by atoms with van der Waals surface area (Å²) >= 11 is 0. The molecule has 0 heterocycles. The van der Waals surface area contributed by atoms with E-state index < -0.39 is 23.9 Å². The first-order valence-corrected chi connectivity index (χ1v) is 7.16. The van der Waals surface area contributed by atoms with E-state index >= 15 is 0 Å². The molecule has 0 radical (unpaired) electrons. The Labute approximate surface area is 123 Å². The molecule has 120 valence electrons. The lowest BCUT2D eigenvalue weighted by molar-refractivity contribution is -0.128. The van der Waals surface area contributed by atoms with Crippen molar-refractivity contribution in [3.8, 4) is 0 Å². The second-order valence-corrected chi connectivity index (χ2v) is 5.31. The molecule has 0 aromatic carbocycles. The number of urea groups is 1. The molecular weight excluding hydrogens is 276 g/mol. The number of hydrogen-bond donors (Lipinski definition) is 4. The van der Waals surface area contributed by atoms with Gasteiger partial charge in [0.25, 0.3) is 0 Å². The maximum atomic E-state index is 11.5. The lowest BCUT2D eigenvalue weighted by Crippen LogP contribution is -2.55. The maximum absolute atomic E-state index is 11.5. The second-order valence-electron chi connectivity index (χ2n) is 5.31. The van der Waals surface area contributed by atoms with Crippen LogP contribution in [0, 0.1) is 5.92 Å². The second kappa shape index (κ2) is 8.46. The molecule has 1 fully saturated rings. The van der Waals surface area contributed by atoms with E-state index in [1.807, 2.05) is 0 Å². The predicted octanol–water partition coefficient (Wildman–Crippen LogP) is -0.780. The summed E-state index contributed by atoms with van der Waals surface area (Å²) in [6, 6.07) is -2.19. The van der Waals surface area contributed by atoms with Crippen LogP contribution in [-0.4, -0.2) is 43.1 Å². The SMILES string of the molecule is C[C@@H]1CCCC[C@H]1OCCNC(=O)NC(C(N)=O)C(N)=O. The molecule has 0 bridgehead atoms. The van der Waals surface area contributed by atoms with Gasteiger partial charge in [-0.1, -0.05) is 19.8 Å². The highest BCUT2D eigenvalue weighted by molar-refractivity contribution is 6.05. The number of carbonyl (C=O) groups excluding carboxylic acids is 3. The van der Waals surface area contributed by atoms with Crippen molar-refractivity contribution in [1.82, 2.24) is 10.6 Å². The normalized spacial score (nSPS) is 21.8. The van der Waals surface area contributed by atoms with Gasteiger partial charge in [-0.25, -0.2) is 4.79 Å². The average Bonchev–Trinajstić information content (AvgIpc) is 2.42. The van der Waals surface area contributed by atoms with Crippen molar-refractivity contribution >= 4 is 17.8 Å². The monoisotopic (exact) mass is 300 g/mol. The van der Waals surface area contributed by atoms with Crippen molar-refractivity contribution in [2.45, 2.75) is 44.8 Å². The molecule has 0 unspecified atom stereocenters. The molecular formula is C13H24N4O4. The fourth-order valence-electron chi connectivity index (χ4n) is 2.37. The molecule has 0 aliphatic heterocycles. The Balaban J connectivity index is 2.21. The van der Waals surface area contributed by atoms with Gasteiger partial charge in [-0.2, -0.15) is 0 Å². The summed E-state index contributed by atoms with van der Waals surface area (Å²) in [5.41, 5.74) is 9.89. The zero-order valence-corrected chi connectivity index (χ0v) is 12.3. The highest BCUT2D eigenvalue weighted by Gasteiger charge is 2.24. The average molecular weight is 300 g/mol. The van der Waals surface area contributed by atoms with Gasteiger partial charge in [0, 0.05) is 6.54 Å². The van der Waals surface area contributed by atoms with Gasteiger partial charge in [-0.15, -0.1) is 0 Å². The van der Waals surface area contributed by atoms with E-state index in [0.717, 1.165) is 12.8 Å². The van der Waals surface area contributed by atoms with E-state index in [0.29, 0.717) is 12.5 Å². The molecule has 8 heteroatoms. The lowest BCUT2D eigenvalue weighted by Gasteiger charge is -2.28. The van der Waals surface area contributed by atoms with Crippen molar-refractivity contribution in [2.75, 3.05) is 13.2 Å². The maximum Gasteiger partial charge on any atom is 0.315 e. The Morgan fingerprint density at radius 2 is 1.81 bits per heavy atom. The lowest BCUT2D eigenvalue weighted by atomic mass is 9.88. The van der Waals surface area contributed by atoms with Gasteiger partial charge in [0.1, 0.15) is 0 Å². The zero-order chi connectivity index (χ0) is 15.8. The fraction of sp³-hybridized carbons (Fsp3) is 0.769. The minimum absolute atomic E-state index is 0.229. The van der Waals surface area contributed by atoms with Gasteiger partial charge < -0.3 is 26.8 Å². The van der Waals surface area contributed by atoms with Gasteiger partial charge in [0.05, 0.1) is 12.7 Å². The number of rotatable bonds is 7. The van der Waals surface area contributed by atoms with Crippen LogP contribution in [0.1, 0.15) is 32.6 Å². The van der Waals surface area contributed by atoms with Crippen LogP contribution in [0.4, 0.5) is 4.79 Å². The first kappa shape index (κ1) is 17.2. The molecule has 0 spiro atoms. The molecule has 0 aromatic rings. The third-order valence-electron chi connectivity index (χ3n) is 3.60. The van der Waals surface area contributed by atoms with E-state index in [1.165, 1.54) is 12.8 Å². The number of carbonyl (C=O) groups is 3. The Kier molecular flexibility index (Phi) is 6.93. The smallest absolute Gasteiger partial charge is 0.315 e. The van der Waals surface area contributed by atoms with Gasteiger partial charge >= 0.3 is 6.03 Å². The van der Waals surface area contributed by atoms with Crippen molar-refractivity contribution in [1.29, 1.82) is 0 Å². The zero-order valence-electron chi connectivity index (χ0n) is 12.3. The molecule has 0 saturated heterocycles. The summed E-state index contributed by atoms with van der Waals surface area (Å²) in [5, 5.41) is 4.60. The van der Waals surface area contributed by atoms with Crippen LogP contribution < -0.4 is 22.1 Å². The Hall–Kier alpha value is -1.83. The van der Waals surface area contributed by atoms with Gasteiger partial charge in [0.2, 0.25) is 11.8 Å². The summed E-state index contributed by atoms with van der Waals surface area (Å²) in [7, 11) is 0. The highest BCUT2D eigenvalue weighted by atomic mass is 16.5. The van der Waals surface area contributed by atoms with E-state index in [4.69, 9.17) is 16.2 Å². The summed E-state index contributed by atoms with van der Waals surface area (Å²) in [4.78, 5) is 33.3. The summed E-state index contributed by atoms with van der Waals surface area (Å²) in [6.07, 6.45) is 4.84. The fourth-order valence-corrected chi connectivity index (χ4v) is 2.37. The molecule has 8 nitrogen and oxygen atoms in total. The van der Waals surface area contributed by atoms with Gasteiger partial charge in [-0.3, -0.25) is 9.59 Å². The summed E-state index contributed by atoms with van der Waals surface area (Å²) in [5.74, 6) is -1.46. The number of nitrogens with two attached hydrogens (primary N) is 2. The first-order chi connectivity index (χ1) is 9.91. The van der Waals surface area contributed by atoms with Gasteiger partial charge in [-0.05, 0) is 18.8 Å². The van der Waals surface area contributed by atoms with Crippen LogP contribution in [0.25, 0.3) is 0 Å². The number of amides is 4. The van der Waals surface area contributed by atoms with Crippen molar-refractivity contribution < 1.29 is 19.1 Å². The van der Waals surface area contributed by atoms with Crippen LogP contribution in [0.2, 0.25) is 0 Å². The molecule has 1 saturated carbocycles. The number of primary amides is 2. The van der Waals surface area contributed by atoms with E-state index in [1.54, 1.807) is 0 Å². The number of nitrogens with one attached hydrogen (secondary N) is 2. The third kappa shape index (κ3) is 5.99. The van der Waals surface area contributed by atoms with Gasteiger partial charge in [0.15, 0.2) is 6.04 Å². The summed E-state index contributed by atoms with van der Waals surface area (Å²) < 4.78 is 5.72. The Morgan fingerprint density at radius 3 is 2.38 bits per heavy atom. The van der Waals surface area contributed by atoms with Crippen LogP contribution in [0.15, 0.2) is 0 Å². The molecule has 6 N–H and O–H groups in total. The Bertz CT molecular complexity index is 374. The van der Waals surface area contributed by atoms with Crippen molar-refractivity contribution in [2.24, 2.45) is 17.4 Å². The molecule has 1 aliphatic rings. The Morgan fingerprint density at radius 1 is 1.19 bits per heavy atom. The summed E-state index contributed by atoms with van der Waals surface area (Å²) in [6.45, 7) is 2.81. The minimum atomic E-state index is -1.51. The molecule has 2 atom stereocenters. The molecule has 4 amide bonds. The number of hydrogen-bond acceptors (Lipinski definition) is 4. The van der Waals surface area contributed by atoms with Crippen LogP contribution in [-0.2, 0) is 14.3 Å². The van der Waals surface area contributed by atoms with E-state index in [9.17, 15) is 14.4 Å². The van der Waals surface area contributed by atoms with Crippen LogP contribution >= 0.6 is 0 Å². The molecule has 1 rings (SSSR count). The molecule has 0 aromatic heterocycles. The van der Waals surface area contributed by atoms with Crippen molar-refractivity contribution in [3.05, 3.63) is 0 Å². The molecule has 1 aliphatic carbocycles. The first-order valence-electron chi connectivity index (χ1n) is 7.16. The minimum Gasteiger partial charge on any atom is -0.376 e. The quantitative estimate of drug-likeness (QED) is 0.362. The van der Waals surface area contributed by atoms with Crippen LogP contribution in [0.5, 0.6) is 0 Å². The topological polar surface area (TPSA) is 137 Å². The van der Waals surface area contributed by atoms with Crippen LogP contribution in [0.3, 0.4) is 0 Å². The predicted molar refractivity (Wildman–Crippen MR) is 76.1 cm³/mol. The highest BCUT2D eigenvalue weighted by Crippen LogP contribution is 2.25. The third-order valence-corrected chi connectivity index (χ3v) is 3.60. The van der Waals surface area contributed by atoms with E-state index in [-0.39, 0.29) is 12.6 Å². The largest absolute Gasteiger partial charge is 0.376 e. The standard InChI is InChI=1S/C13H24N4O4/c1-8-4-2-3-5-9(8)21-7-6-16-13(20)17-10(11(14)18)12(15)19/h8-10H,2-7H2,1H3,(H2,14,18)(H2,15,19)(H2,16,17,20)/t8-,9-/m1/s1. The molecule has 21 heavy (non-hydrogen) atoms. The van der Waals surface area contributed by atoms with E-state index in [2.05, 4.69) is 17.6 Å². The number of ether oxygens (including phenoxy) is 1.